The zero-order valence-corrected chi connectivity index (χ0v) is 19.6. The van der Waals surface area contributed by atoms with E-state index in [1.54, 1.807) is 6.21 Å². The Morgan fingerprint density at radius 3 is 2.81 bits per heavy atom. The van der Waals surface area contributed by atoms with Gasteiger partial charge in [-0.15, -0.1) is 0 Å². The standard InChI is InChI=1S/C26H28ClN3O2/c1-17-14-26(2,3)30(4)23-13-22(27)19(12-21(17)23)15-28-29-25(31)16-32-24-11-7-9-18-8-5-6-10-20(18)24/h5-13,15,17H,14,16H2,1-4H3,(H,29,31)/b28-15-. The molecule has 4 rings (SSSR count). The zero-order valence-electron chi connectivity index (χ0n) is 18.9. The van der Waals surface area contributed by atoms with Gasteiger partial charge >= 0.3 is 0 Å². The molecule has 1 N–H and O–H groups in total. The normalized spacial score (nSPS) is 17.4. The highest BCUT2D eigenvalue weighted by atomic mass is 35.5. The summed E-state index contributed by atoms with van der Waals surface area (Å²) in [5.74, 6) is 0.739. The van der Waals surface area contributed by atoms with E-state index in [0.717, 1.165) is 28.4 Å². The fourth-order valence-electron chi connectivity index (χ4n) is 4.37. The van der Waals surface area contributed by atoms with Crippen molar-refractivity contribution < 1.29 is 9.53 Å². The second-order valence-corrected chi connectivity index (χ2v) is 9.38. The lowest BCUT2D eigenvalue weighted by Crippen LogP contribution is -2.45. The minimum absolute atomic E-state index is 0.0728. The molecule has 1 amide bonds. The molecule has 0 spiro atoms. The van der Waals surface area contributed by atoms with Crippen molar-refractivity contribution in [2.75, 3.05) is 18.6 Å². The number of hydrazone groups is 1. The van der Waals surface area contributed by atoms with Crippen LogP contribution in [-0.4, -0.2) is 31.3 Å². The molecule has 3 aromatic rings. The van der Waals surface area contributed by atoms with Crippen LogP contribution in [-0.2, 0) is 4.79 Å². The molecule has 0 saturated heterocycles. The van der Waals surface area contributed by atoms with Crippen LogP contribution in [0, 0.1) is 0 Å². The van der Waals surface area contributed by atoms with Crippen molar-refractivity contribution >= 4 is 40.2 Å². The summed E-state index contributed by atoms with van der Waals surface area (Å²) in [5.41, 5.74) is 5.76. The van der Waals surface area contributed by atoms with Crippen LogP contribution in [0.1, 0.15) is 44.2 Å². The monoisotopic (exact) mass is 449 g/mol. The lowest BCUT2D eigenvalue weighted by atomic mass is 9.80. The van der Waals surface area contributed by atoms with Gasteiger partial charge in [0, 0.05) is 29.2 Å². The van der Waals surface area contributed by atoms with Gasteiger partial charge in [0.05, 0.1) is 11.2 Å². The number of anilines is 1. The molecule has 6 heteroatoms. The summed E-state index contributed by atoms with van der Waals surface area (Å²) in [6, 6.07) is 17.7. The Morgan fingerprint density at radius 2 is 2.00 bits per heavy atom. The molecule has 1 unspecified atom stereocenters. The van der Waals surface area contributed by atoms with E-state index >= 15 is 0 Å². The molecular formula is C26H28ClN3O2. The first kappa shape index (κ1) is 22.2. The van der Waals surface area contributed by atoms with E-state index in [4.69, 9.17) is 16.3 Å². The third-order valence-electron chi connectivity index (χ3n) is 6.25. The molecular weight excluding hydrogens is 422 g/mol. The number of benzene rings is 3. The van der Waals surface area contributed by atoms with Crippen LogP contribution in [0.4, 0.5) is 5.69 Å². The molecule has 1 aliphatic heterocycles. The van der Waals surface area contributed by atoms with Gasteiger partial charge in [0.1, 0.15) is 5.75 Å². The molecule has 166 valence electrons. The largest absolute Gasteiger partial charge is 0.483 e. The van der Waals surface area contributed by atoms with Crippen LogP contribution in [0.15, 0.2) is 59.7 Å². The number of carbonyl (C=O) groups excluding carboxylic acids is 1. The van der Waals surface area contributed by atoms with Crippen molar-refractivity contribution in [2.45, 2.75) is 38.6 Å². The van der Waals surface area contributed by atoms with Crippen molar-refractivity contribution in [1.82, 2.24) is 5.43 Å². The number of nitrogens with one attached hydrogen (secondary N) is 1. The van der Waals surface area contributed by atoms with E-state index < -0.39 is 0 Å². The Bertz CT molecular complexity index is 1180. The topological polar surface area (TPSA) is 53.9 Å². The van der Waals surface area contributed by atoms with Gasteiger partial charge in [-0.3, -0.25) is 4.79 Å². The first-order valence-electron chi connectivity index (χ1n) is 10.8. The van der Waals surface area contributed by atoms with E-state index in [-0.39, 0.29) is 18.1 Å². The highest BCUT2D eigenvalue weighted by Gasteiger charge is 2.34. The Hall–Kier alpha value is -3.05. The van der Waals surface area contributed by atoms with Gasteiger partial charge in [-0.25, -0.2) is 5.43 Å². The number of fused-ring (bicyclic) bond motifs is 2. The average Bonchev–Trinajstić information content (AvgIpc) is 2.76. The summed E-state index contributed by atoms with van der Waals surface area (Å²) in [5, 5.41) is 6.73. The Labute approximate surface area is 194 Å². The molecule has 0 aromatic heterocycles. The summed E-state index contributed by atoms with van der Waals surface area (Å²) in [4.78, 5) is 14.5. The van der Waals surface area contributed by atoms with E-state index in [1.165, 1.54) is 5.56 Å². The number of hydrogen-bond donors (Lipinski definition) is 1. The van der Waals surface area contributed by atoms with E-state index in [9.17, 15) is 4.79 Å². The molecule has 0 bridgehead atoms. The van der Waals surface area contributed by atoms with E-state index in [0.29, 0.717) is 16.7 Å². The highest BCUT2D eigenvalue weighted by Crippen LogP contribution is 2.44. The van der Waals surface area contributed by atoms with Gasteiger partial charge in [0.2, 0.25) is 0 Å². The zero-order chi connectivity index (χ0) is 22.9. The van der Waals surface area contributed by atoms with Gasteiger partial charge in [0.15, 0.2) is 6.61 Å². The van der Waals surface area contributed by atoms with Crippen LogP contribution in [0.2, 0.25) is 5.02 Å². The molecule has 0 fully saturated rings. The van der Waals surface area contributed by atoms with E-state index in [1.807, 2.05) is 48.5 Å². The minimum atomic E-state index is -0.335. The Kier molecular flexibility index (Phi) is 6.11. The predicted molar refractivity (Wildman–Crippen MR) is 132 cm³/mol. The number of ether oxygens (including phenoxy) is 1. The number of rotatable bonds is 5. The summed E-state index contributed by atoms with van der Waals surface area (Å²) < 4.78 is 5.71. The molecule has 1 atom stereocenters. The van der Waals surface area contributed by atoms with Gasteiger partial charge in [-0.2, -0.15) is 5.10 Å². The lowest BCUT2D eigenvalue weighted by Gasteiger charge is -2.45. The van der Waals surface area contributed by atoms with Crippen molar-refractivity contribution in [3.05, 3.63) is 70.7 Å². The van der Waals surface area contributed by atoms with Crippen LogP contribution in [0.5, 0.6) is 5.75 Å². The fraction of sp³-hybridized carbons (Fsp3) is 0.308. The number of amides is 1. The molecule has 32 heavy (non-hydrogen) atoms. The van der Waals surface area contributed by atoms with Crippen molar-refractivity contribution in [3.63, 3.8) is 0 Å². The summed E-state index contributed by atoms with van der Waals surface area (Å²) in [6.07, 6.45) is 2.64. The van der Waals surface area contributed by atoms with Crippen molar-refractivity contribution in [2.24, 2.45) is 5.10 Å². The fourth-order valence-corrected chi connectivity index (χ4v) is 4.58. The highest BCUT2D eigenvalue weighted by molar-refractivity contribution is 6.33. The van der Waals surface area contributed by atoms with Crippen molar-refractivity contribution in [3.8, 4) is 5.75 Å². The molecule has 5 nitrogen and oxygen atoms in total. The number of nitrogens with zero attached hydrogens (tertiary/aromatic N) is 2. The van der Waals surface area contributed by atoms with Crippen LogP contribution in [0.3, 0.4) is 0 Å². The first-order chi connectivity index (χ1) is 15.3. The SMILES string of the molecule is CC1CC(C)(C)N(C)c2cc(Cl)c(/C=N\NC(=O)COc3cccc4ccccc34)cc21. The van der Waals surface area contributed by atoms with Gasteiger partial charge < -0.3 is 9.64 Å². The second kappa shape index (κ2) is 8.83. The second-order valence-electron chi connectivity index (χ2n) is 8.97. The summed E-state index contributed by atoms with van der Waals surface area (Å²) in [6.45, 7) is 6.59. The maximum absolute atomic E-state index is 12.2. The molecule has 0 aliphatic carbocycles. The van der Waals surface area contributed by atoms with Crippen molar-refractivity contribution in [1.29, 1.82) is 0 Å². The first-order valence-corrected chi connectivity index (χ1v) is 11.1. The lowest BCUT2D eigenvalue weighted by molar-refractivity contribution is -0.123. The summed E-state index contributed by atoms with van der Waals surface area (Å²) >= 11 is 6.52. The van der Waals surface area contributed by atoms with Crippen LogP contribution >= 0.6 is 11.6 Å². The molecule has 0 radical (unpaired) electrons. The van der Waals surface area contributed by atoms with Crippen LogP contribution < -0.4 is 15.1 Å². The third-order valence-corrected chi connectivity index (χ3v) is 6.58. The molecule has 0 saturated carbocycles. The van der Waals surface area contributed by atoms with Gasteiger partial charge in [0.25, 0.3) is 5.91 Å². The Morgan fingerprint density at radius 1 is 1.25 bits per heavy atom. The minimum Gasteiger partial charge on any atom is -0.483 e. The Balaban J connectivity index is 1.42. The predicted octanol–water partition coefficient (Wildman–Crippen LogP) is 5.74. The number of halogens is 1. The number of carbonyl (C=O) groups is 1. The average molecular weight is 450 g/mol. The summed E-state index contributed by atoms with van der Waals surface area (Å²) in [7, 11) is 2.10. The van der Waals surface area contributed by atoms with E-state index in [2.05, 4.69) is 49.3 Å². The quantitative estimate of drug-likeness (QED) is 0.399. The smallest absolute Gasteiger partial charge is 0.277 e. The maximum Gasteiger partial charge on any atom is 0.277 e. The molecule has 1 heterocycles. The maximum atomic E-state index is 12.2. The van der Waals surface area contributed by atoms with Gasteiger partial charge in [-0.05, 0) is 55.3 Å². The van der Waals surface area contributed by atoms with Gasteiger partial charge in [-0.1, -0.05) is 54.9 Å². The molecule has 3 aromatic carbocycles. The van der Waals surface area contributed by atoms with Crippen LogP contribution in [0.25, 0.3) is 10.8 Å². The number of hydrogen-bond acceptors (Lipinski definition) is 4. The third kappa shape index (κ3) is 4.44. The molecule has 1 aliphatic rings.